The molecule has 2 nitrogen and oxygen atoms in total. The molecule has 3 heteroatoms. The van der Waals surface area contributed by atoms with Gasteiger partial charge in [0.05, 0.1) is 0 Å². The SMILES string of the molecule is CC(C)(C)CCCCCC(=O)[O-].CCCCCCC[CH2][Sn+]([CH2]CCCCCCC)[CH2]CCCCCCC. The van der Waals surface area contributed by atoms with E-state index in [0.29, 0.717) is 5.41 Å². The summed E-state index contributed by atoms with van der Waals surface area (Å²) in [6.45, 7) is 13.6. The number of carbonyl (C=O) groups is 1. The van der Waals surface area contributed by atoms with Gasteiger partial charge in [0.1, 0.15) is 0 Å². The summed E-state index contributed by atoms with van der Waals surface area (Å²) in [7, 11) is 0. The summed E-state index contributed by atoms with van der Waals surface area (Å²) in [5.41, 5.74) is 0.376. The third-order valence-corrected chi connectivity index (χ3v) is 16.5. The van der Waals surface area contributed by atoms with Crippen molar-refractivity contribution in [2.24, 2.45) is 5.41 Å². The van der Waals surface area contributed by atoms with Gasteiger partial charge in [-0.1, -0.05) is 33.6 Å². The molecule has 0 saturated carbocycles. The number of carboxylic acids is 1. The van der Waals surface area contributed by atoms with Crippen molar-refractivity contribution < 1.29 is 9.90 Å². The Kier molecular flexibility index (Phi) is 32.8. The molecule has 0 rings (SSSR count). The normalized spacial score (nSPS) is 11.3. The van der Waals surface area contributed by atoms with Gasteiger partial charge in [-0.2, -0.15) is 0 Å². The molecule has 0 saturated heterocycles. The maximum atomic E-state index is 10.0. The van der Waals surface area contributed by atoms with E-state index in [9.17, 15) is 9.90 Å². The predicted octanol–water partition coefficient (Wildman–Crippen LogP) is 11.3. The van der Waals surface area contributed by atoms with Gasteiger partial charge in [0, 0.05) is 5.97 Å². The minimum absolute atomic E-state index is 0.212. The molecule has 0 unspecified atom stereocenters. The van der Waals surface area contributed by atoms with Gasteiger partial charge in [0.25, 0.3) is 0 Å². The molecule has 0 aliphatic heterocycles. The number of rotatable bonds is 26. The van der Waals surface area contributed by atoms with E-state index in [-0.39, 0.29) is 6.42 Å². The number of carboxylic acid groups (broad SMARTS) is 1. The van der Waals surface area contributed by atoms with Crippen LogP contribution in [0.15, 0.2) is 0 Å². The van der Waals surface area contributed by atoms with E-state index in [0.717, 1.165) is 19.3 Å². The van der Waals surface area contributed by atoms with Crippen LogP contribution >= 0.6 is 0 Å². The zero-order valence-electron chi connectivity index (χ0n) is 26.7. The molecule has 0 atom stereocenters. The van der Waals surface area contributed by atoms with Crippen molar-refractivity contribution >= 4 is 25.7 Å². The molecule has 0 aliphatic rings. The van der Waals surface area contributed by atoms with E-state index >= 15 is 0 Å². The van der Waals surface area contributed by atoms with Crippen LogP contribution in [0.4, 0.5) is 0 Å². The van der Waals surface area contributed by atoms with Gasteiger partial charge in [-0.25, -0.2) is 0 Å². The Labute approximate surface area is 242 Å². The Morgan fingerprint density at radius 2 is 0.838 bits per heavy atom. The van der Waals surface area contributed by atoms with Crippen molar-refractivity contribution in [1.82, 2.24) is 0 Å². The van der Waals surface area contributed by atoms with Crippen LogP contribution in [0.25, 0.3) is 0 Å². The molecule has 222 valence electrons. The van der Waals surface area contributed by atoms with E-state index in [1.54, 1.807) is 32.6 Å². The van der Waals surface area contributed by atoms with Crippen molar-refractivity contribution in [1.29, 1.82) is 0 Å². The summed E-state index contributed by atoms with van der Waals surface area (Å²) in [6.07, 6.45) is 31.2. The van der Waals surface area contributed by atoms with Crippen LogP contribution in [0.5, 0.6) is 0 Å². The van der Waals surface area contributed by atoms with Gasteiger partial charge in [-0.05, 0) is 24.7 Å². The molecule has 0 aromatic carbocycles. The summed E-state index contributed by atoms with van der Waals surface area (Å²) in [5, 5.41) is 10.0. The van der Waals surface area contributed by atoms with Crippen LogP contribution in [0.3, 0.4) is 0 Å². The second-order valence-corrected chi connectivity index (χ2v) is 21.4. The Morgan fingerprint density at radius 3 is 1.16 bits per heavy atom. The third kappa shape index (κ3) is 38.5. The van der Waals surface area contributed by atoms with Gasteiger partial charge in [0.15, 0.2) is 0 Å². The summed E-state index contributed by atoms with van der Waals surface area (Å²) >= 11 is -1.02. The van der Waals surface area contributed by atoms with Crippen molar-refractivity contribution in [2.45, 2.75) is 203 Å². The van der Waals surface area contributed by atoms with E-state index in [4.69, 9.17) is 0 Å². The van der Waals surface area contributed by atoms with E-state index in [1.165, 1.54) is 103 Å². The molecule has 0 bridgehead atoms. The first-order chi connectivity index (χ1) is 17.8. The topological polar surface area (TPSA) is 40.1 Å². The first kappa shape index (κ1) is 39.4. The third-order valence-electron chi connectivity index (χ3n) is 7.46. The summed E-state index contributed by atoms with van der Waals surface area (Å²) < 4.78 is 5.16. The summed E-state index contributed by atoms with van der Waals surface area (Å²) in [4.78, 5) is 10.0. The van der Waals surface area contributed by atoms with Crippen molar-refractivity contribution in [3.05, 3.63) is 0 Å². The fourth-order valence-electron chi connectivity index (χ4n) is 4.94. The first-order valence-corrected chi connectivity index (χ1v) is 22.9. The van der Waals surface area contributed by atoms with Gasteiger partial charge >= 0.3 is 169 Å². The summed E-state index contributed by atoms with van der Waals surface area (Å²) in [5.74, 6) is -0.925. The predicted molar refractivity (Wildman–Crippen MR) is 168 cm³/mol. The second-order valence-electron chi connectivity index (χ2n) is 12.8. The minimum atomic E-state index is -1.02. The molecular formula is C34H70O2Sn. The molecule has 0 N–H and O–H groups in total. The van der Waals surface area contributed by atoms with Crippen molar-refractivity contribution in [3.8, 4) is 0 Å². The van der Waals surface area contributed by atoms with E-state index in [2.05, 4.69) is 41.5 Å². The van der Waals surface area contributed by atoms with Gasteiger partial charge in [-0.15, -0.1) is 0 Å². The van der Waals surface area contributed by atoms with Crippen LogP contribution in [0, 0.1) is 5.41 Å². The molecule has 0 aromatic heterocycles. The van der Waals surface area contributed by atoms with E-state index < -0.39 is 25.7 Å². The molecule has 0 amide bonds. The molecule has 0 fully saturated rings. The molecule has 0 heterocycles. The molecule has 0 aliphatic carbocycles. The van der Waals surface area contributed by atoms with Crippen LogP contribution < -0.4 is 5.11 Å². The summed E-state index contributed by atoms with van der Waals surface area (Å²) in [6, 6.07) is 0. The standard InChI is InChI=1S/C10H20O2.3C8H17.Sn/c1-10(2,3)8-6-4-5-7-9(11)12;3*1-3-5-7-8-6-4-2;/h4-8H2,1-3H3,(H,11,12);3*1,3-8H2,2H3;/q;;;;+1/p-1. The zero-order chi connectivity index (χ0) is 28.0. The number of hydrogen-bond acceptors (Lipinski definition) is 2. The fraction of sp³-hybridized carbons (Fsp3) is 0.971. The molecular weight excluding hydrogens is 559 g/mol. The van der Waals surface area contributed by atoms with Gasteiger partial charge < -0.3 is 9.90 Å². The van der Waals surface area contributed by atoms with Crippen molar-refractivity contribution in [3.63, 3.8) is 0 Å². The van der Waals surface area contributed by atoms with Gasteiger partial charge in [0.2, 0.25) is 0 Å². The number of unbranched alkanes of at least 4 members (excludes halogenated alkanes) is 17. The van der Waals surface area contributed by atoms with Crippen LogP contribution in [0.1, 0.15) is 189 Å². The Hall–Kier alpha value is 0.269. The van der Waals surface area contributed by atoms with Crippen LogP contribution in [-0.2, 0) is 4.79 Å². The zero-order valence-corrected chi connectivity index (χ0v) is 29.6. The number of carbonyl (C=O) groups excluding carboxylic acids is 1. The van der Waals surface area contributed by atoms with Crippen LogP contribution in [-0.4, -0.2) is 25.7 Å². The average molecular weight is 630 g/mol. The Bertz CT molecular complexity index is 406. The quantitative estimate of drug-likeness (QED) is 0.0706. The van der Waals surface area contributed by atoms with E-state index in [1.807, 2.05) is 0 Å². The first-order valence-electron chi connectivity index (χ1n) is 16.8. The Balaban J connectivity index is 0. The van der Waals surface area contributed by atoms with Crippen molar-refractivity contribution in [2.75, 3.05) is 0 Å². The Morgan fingerprint density at radius 1 is 0.514 bits per heavy atom. The number of aliphatic carboxylic acids is 1. The number of hydrogen-bond donors (Lipinski definition) is 0. The van der Waals surface area contributed by atoms with Crippen LogP contribution in [0.2, 0.25) is 13.3 Å². The molecule has 37 heavy (non-hydrogen) atoms. The fourth-order valence-corrected chi connectivity index (χ4v) is 13.5. The van der Waals surface area contributed by atoms with Gasteiger partial charge in [-0.3, -0.25) is 0 Å². The molecule has 0 radical (unpaired) electrons. The maximum absolute atomic E-state index is 10.0. The monoisotopic (exact) mass is 630 g/mol. The average Bonchev–Trinajstić information content (AvgIpc) is 2.84. The molecule has 0 spiro atoms. The molecule has 0 aromatic rings. The second kappa shape index (κ2) is 30.8.